The summed E-state index contributed by atoms with van der Waals surface area (Å²) in [7, 11) is 0. The van der Waals surface area contributed by atoms with Crippen molar-refractivity contribution < 1.29 is 13.9 Å². The van der Waals surface area contributed by atoms with Crippen molar-refractivity contribution >= 4 is 6.47 Å². The van der Waals surface area contributed by atoms with Gasteiger partial charge in [-0.15, -0.1) is 0 Å². The first kappa shape index (κ1) is 6.91. The summed E-state index contributed by atoms with van der Waals surface area (Å²) in [4.78, 5) is 10.1. The second-order valence-electron chi connectivity index (χ2n) is 2.30. The van der Waals surface area contributed by atoms with Crippen molar-refractivity contribution in [3.05, 3.63) is 30.5 Å². The van der Waals surface area contributed by atoms with E-state index in [0.717, 1.165) is 5.56 Å². The molecule has 12 heavy (non-hydrogen) atoms. The van der Waals surface area contributed by atoms with E-state index in [9.17, 15) is 4.79 Å². The Morgan fingerprint density at radius 1 is 1.33 bits per heavy atom. The molecule has 60 valence electrons. The maximum Gasteiger partial charge on any atom is 0.298 e. The van der Waals surface area contributed by atoms with Crippen molar-refractivity contribution in [1.29, 1.82) is 0 Å². The zero-order chi connectivity index (χ0) is 8.39. The molecule has 1 aliphatic carbocycles. The fourth-order valence-corrected chi connectivity index (χ4v) is 1.12. The lowest BCUT2D eigenvalue weighted by atomic mass is 10.2. The molecule has 0 aromatic carbocycles. The molecule has 0 atom stereocenters. The van der Waals surface area contributed by atoms with E-state index < -0.39 is 0 Å². The topological polar surface area (TPSA) is 39.4 Å². The summed E-state index contributed by atoms with van der Waals surface area (Å²) < 4.78 is 9.86. The minimum absolute atomic E-state index is 0.405. The van der Waals surface area contributed by atoms with Gasteiger partial charge in [0.25, 0.3) is 6.47 Å². The SMILES string of the molecule is O=COc1ccc2occcc1-2. The van der Waals surface area contributed by atoms with Crippen LogP contribution in [-0.2, 0) is 4.79 Å². The second-order valence-corrected chi connectivity index (χ2v) is 2.30. The van der Waals surface area contributed by atoms with Crippen LogP contribution in [0.5, 0.6) is 5.75 Å². The third kappa shape index (κ3) is 0.955. The summed E-state index contributed by atoms with van der Waals surface area (Å²) in [6.45, 7) is 0.405. The molecule has 3 heteroatoms. The van der Waals surface area contributed by atoms with Gasteiger partial charge in [0.2, 0.25) is 0 Å². The molecule has 0 fully saturated rings. The average Bonchev–Trinajstić information content (AvgIpc) is 2.50. The molecular formula is C9H6O3. The van der Waals surface area contributed by atoms with E-state index in [2.05, 4.69) is 0 Å². The van der Waals surface area contributed by atoms with Crippen LogP contribution in [0.1, 0.15) is 0 Å². The maximum absolute atomic E-state index is 10.1. The van der Waals surface area contributed by atoms with Crippen LogP contribution in [0.3, 0.4) is 0 Å². The Kier molecular flexibility index (Phi) is 1.55. The van der Waals surface area contributed by atoms with Crippen molar-refractivity contribution in [1.82, 2.24) is 0 Å². The van der Waals surface area contributed by atoms with Gasteiger partial charge in [-0.05, 0) is 24.3 Å². The van der Waals surface area contributed by atoms with E-state index >= 15 is 0 Å². The predicted molar refractivity (Wildman–Crippen MR) is 42.0 cm³/mol. The van der Waals surface area contributed by atoms with Gasteiger partial charge < -0.3 is 9.15 Å². The third-order valence-corrected chi connectivity index (χ3v) is 1.63. The van der Waals surface area contributed by atoms with Gasteiger partial charge in [0.1, 0.15) is 11.5 Å². The molecule has 1 aliphatic heterocycles. The molecule has 0 aromatic rings. The fourth-order valence-electron chi connectivity index (χ4n) is 1.12. The van der Waals surface area contributed by atoms with Crippen molar-refractivity contribution in [2.24, 2.45) is 0 Å². The summed E-state index contributed by atoms with van der Waals surface area (Å²) in [5.74, 6) is 1.25. The Balaban J connectivity index is 2.52. The highest BCUT2D eigenvalue weighted by atomic mass is 16.5. The van der Waals surface area contributed by atoms with E-state index in [1.54, 1.807) is 24.5 Å². The third-order valence-electron chi connectivity index (χ3n) is 1.63. The van der Waals surface area contributed by atoms with Gasteiger partial charge in [-0.25, -0.2) is 0 Å². The normalized spacial score (nSPS) is 10.0. The monoisotopic (exact) mass is 162 g/mol. The highest BCUT2D eigenvalue weighted by molar-refractivity contribution is 5.71. The van der Waals surface area contributed by atoms with E-state index in [4.69, 9.17) is 9.15 Å². The van der Waals surface area contributed by atoms with E-state index in [-0.39, 0.29) is 0 Å². The number of hydrogen-bond donors (Lipinski definition) is 0. The lowest BCUT2D eigenvalue weighted by molar-refractivity contribution is -0.120. The quantitative estimate of drug-likeness (QED) is 0.633. The van der Waals surface area contributed by atoms with Gasteiger partial charge >= 0.3 is 0 Å². The van der Waals surface area contributed by atoms with Crippen LogP contribution in [0.4, 0.5) is 0 Å². The lowest BCUT2D eigenvalue weighted by Crippen LogP contribution is -1.87. The number of carbonyl (C=O) groups excluding carboxylic acids is 1. The minimum atomic E-state index is 0.405. The largest absolute Gasteiger partial charge is 0.464 e. The first-order valence-corrected chi connectivity index (χ1v) is 3.48. The molecule has 0 spiro atoms. The first-order valence-electron chi connectivity index (χ1n) is 3.48. The molecule has 1 heterocycles. The van der Waals surface area contributed by atoms with E-state index in [1.807, 2.05) is 6.07 Å². The first-order chi connectivity index (χ1) is 5.92. The Hall–Kier alpha value is -1.77. The van der Waals surface area contributed by atoms with Gasteiger partial charge in [0, 0.05) is 0 Å². The zero-order valence-corrected chi connectivity index (χ0v) is 6.19. The number of rotatable bonds is 2. The maximum atomic E-state index is 10.1. The molecule has 0 unspecified atom stereocenters. The molecule has 3 nitrogen and oxygen atoms in total. The van der Waals surface area contributed by atoms with E-state index in [1.165, 1.54) is 0 Å². The molecule has 0 saturated carbocycles. The van der Waals surface area contributed by atoms with Crippen LogP contribution in [0.2, 0.25) is 0 Å². The highest BCUT2D eigenvalue weighted by Crippen LogP contribution is 2.33. The molecule has 0 bridgehead atoms. The molecule has 0 radical (unpaired) electrons. The van der Waals surface area contributed by atoms with Gasteiger partial charge in [0.05, 0.1) is 11.8 Å². The van der Waals surface area contributed by atoms with Crippen LogP contribution in [0.25, 0.3) is 11.3 Å². The Bertz CT molecular complexity index is 364. The summed E-state index contributed by atoms with van der Waals surface area (Å²) in [6.07, 6.45) is 1.58. The van der Waals surface area contributed by atoms with Gasteiger partial charge in [0.15, 0.2) is 0 Å². The highest BCUT2D eigenvalue weighted by Gasteiger charge is 2.10. The molecule has 0 amide bonds. The number of ether oxygens (including phenoxy) is 1. The number of fused-ring (bicyclic) bond motifs is 1. The Labute approximate surface area is 68.9 Å². The van der Waals surface area contributed by atoms with Crippen LogP contribution >= 0.6 is 0 Å². The summed E-state index contributed by atoms with van der Waals surface area (Å²) in [5, 5.41) is 0. The van der Waals surface area contributed by atoms with Gasteiger partial charge in [-0.1, -0.05) is 0 Å². The predicted octanol–water partition coefficient (Wildman–Crippen LogP) is 1.92. The molecule has 0 aromatic heterocycles. The zero-order valence-electron chi connectivity index (χ0n) is 6.19. The van der Waals surface area contributed by atoms with Crippen LogP contribution < -0.4 is 4.74 Å². The smallest absolute Gasteiger partial charge is 0.298 e. The van der Waals surface area contributed by atoms with Gasteiger partial charge in [-0.3, -0.25) is 4.79 Å². The van der Waals surface area contributed by atoms with Crippen molar-refractivity contribution in [3.63, 3.8) is 0 Å². The van der Waals surface area contributed by atoms with Crippen LogP contribution in [-0.4, -0.2) is 6.47 Å². The van der Waals surface area contributed by atoms with Crippen LogP contribution in [0.15, 0.2) is 34.9 Å². The summed E-state index contributed by atoms with van der Waals surface area (Å²) >= 11 is 0. The molecule has 2 rings (SSSR count). The molecule has 2 aliphatic rings. The minimum Gasteiger partial charge on any atom is -0.464 e. The van der Waals surface area contributed by atoms with Crippen molar-refractivity contribution in [2.75, 3.05) is 0 Å². The Morgan fingerprint density at radius 3 is 3.08 bits per heavy atom. The van der Waals surface area contributed by atoms with Crippen molar-refractivity contribution in [3.8, 4) is 17.1 Å². The van der Waals surface area contributed by atoms with Crippen LogP contribution in [0, 0.1) is 0 Å². The molecule has 0 saturated heterocycles. The number of carbonyl (C=O) groups is 1. The second kappa shape index (κ2) is 2.70. The van der Waals surface area contributed by atoms with E-state index in [0.29, 0.717) is 18.0 Å². The average molecular weight is 162 g/mol. The van der Waals surface area contributed by atoms with Crippen molar-refractivity contribution in [2.45, 2.75) is 0 Å². The Morgan fingerprint density at radius 2 is 2.25 bits per heavy atom. The lowest BCUT2D eigenvalue weighted by Gasteiger charge is -1.98. The van der Waals surface area contributed by atoms with Gasteiger partial charge in [-0.2, -0.15) is 0 Å². The number of hydrogen-bond acceptors (Lipinski definition) is 3. The standard InChI is InChI=1S/C9H6O3/c10-6-12-9-4-3-8-7(9)2-1-5-11-8/h1-6H. The molecular weight excluding hydrogens is 156 g/mol. The fraction of sp³-hybridized carbons (Fsp3) is 0. The molecule has 0 N–H and O–H groups in total. The summed E-state index contributed by atoms with van der Waals surface area (Å²) in [6, 6.07) is 7.04. The summed E-state index contributed by atoms with van der Waals surface area (Å²) in [5.41, 5.74) is 0.810.